The van der Waals surface area contributed by atoms with Gasteiger partial charge in [-0.2, -0.15) is 10.4 Å². The number of hydrogen-bond donors (Lipinski definition) is 3. The summed E-state index contributed by atoms with van der Waals surface area (Å²) in [5.74, 6) is -1.22. The summed E-state index contributed by atoms with van der Waals surface area (Å²) < 4.78 is 26.5. The van der Waals surface area contributed by atoms with Crippen molar-refractivity contribution in [3.05, 3.63) is 52.3 Å². The summed E-state index contributed by atoms with van der Waals surface area (Å²) in [5.41, 5.74) is 7.90. The van der Waals surface area contributed by atoms with Crippen LogP contribution in [-0.2, 0) is 34.6 Å². The number of nitrogens with one attached hydrogen (secondary N) is 2. The molecule has 40 heavy (non-hydrogen) atoms. The Bertz CT molecular complexity index is 1480. The molecular formula is C27H35N7O5S. The van der Waals surface area contributed by atoms with E-state index in [1.807, 2.05) is 6.07 Å². The van der Waals surface area contributed by atoms with Gasteiger partial charge in [-0.3, -0.25) is 19.1 Å². The first-order valence-corrected chi connectivity index (χ1v) is 14.6. The van der Waals surface area contributed by atoms with Crippen LogP contribution in [0, 0.1) is 11.3 Å². The topological polar surface area (TPSA) is 180 Å². The van der Waals surface area contributed by atoms with Crippen LogP contribution in [0.25, 0.3) is 0 Å². The Balaban J connectivity index is 1.46. The van der Waals surface area contributed by atoms with Gasteiger partial charge in [-0.15, -0.1) is 0 Å². The van der Waals surface area contributed by atoms with Gasteiger partial charge in [-0.1, -0.05) is 12.1 Å². The van der Waals surface area contributed by atoms with E-state index < -0.39 is 37.2 Å². The number of aryl methyl sites for hydroxylation is 1. The summed E-state index contributed by atoms with van der Waals surface area (Å²) in [6.07, 6.45) is 1.20. The molecule has 2 aromatic rings. The summed E-state index contributed by atoms with van der Waals surface area (Å²) in [7, 11) is -2.17. The first-order chi connectivity index (χ1) is 18.7. The van der Waals surface area contributed by atoms with Crippen molar-refractivity contribution in [1.82, 2.24) is 25.3 Å². The number of benzene rings is 1. The molecule has 1 aliphatic heterocycles. The molecule has 12 nitrogen and oxygen atoms in total. The molecule has 0 radical (unpaired) electrons. The van der Waals surface area contributed by atoms with E-state index in [2.05, 4.69) is 15.7 Å². The van der Waals surface area contributed by atoms with Gasteiger partial charge in [-0.25, -0.2) is 8.42 Å². The molecule has 4 N–H and O–H groups in total. The minimum atomic E-state index is -3.76. The maximum absolute atomic E-state index is 13.7. The summed E-state index contributed by atoms with van der Waals surface area (Å²) in [5, 5.41) is 18.7. The number of nitrogens with zero attached hydrogens (tertiary/aromatic N) is 4. The monoisotopic (exact) mass is 569 g/mol. The lowest BCUT2D eigenvalue weighted by Crippen LogP contribution is -2.54. The number of hydrogen-bond acceptors (Lipinski definition) is 8. The number of aromatic nitrogens is 2. The van der Waals surface area contributed by atoms with Crippen molar-refractivity contribution < 1.29 is 22.8 Å². The molecule has 2 heterocycles. The third-order valence-electron chi connectivity index (χ3n) is 7.70. The highest BCUT2D eigenvalue weighted by atomic mass is 32.2. The van der Waals surface area contributed by atoms with Gasteiger partial charge in [0.25, 0.3) is 11.8 Å². The van der Waals surface area contributed by atoms with Gasteiger partial charge >= 0.3 is 0 Å². The molecule has 1 fully saturated rings. The summed E-state index contributed by atoms with van der Waals surface area (Å²) >= 11 is 0. The Kier molecular flexibility index (Phi) is 7.79. The predicted octanol–water partition coefficient (Wildman–Crippen LogP) is 0.409. The van der Waals surface area contributed by atoms with Gasteiger partial charge in [0.2, 0.25) is 5.91 Å². The van der Waals surface area contributed by atoms with Crippen molar-refractivity contribution in [2.24, 2.45) is 12.8 Å². The van der Waals surface area contributed by atoms with Crippen LogP contribution >= 0.6 is 0 Å². The standard InChI is InChI=1S/C27H35N7O5S/c1-17(29)23(35)31-15-26(2,3)40(38,39)27(10-11-27)16-34-12-9-20-21(32-33(4)22(20)25(34)37)24(36)30-14-19-7-5-18(13-28)6-8-19/h5-8,17H,9-12,14-16,29H2,1-4H3,(H,30,36)(H,31,35). The van der Waals surface area contributed by atoms with Crippen LogP contribution in [0.1, 0.15) is 71.3 Å². The SMILES string of the molecule is CC(N)C(=O)NCC(C)(C)S(=O)(=O)C1(CN2CCc3c(C(=O)NCc4ccc(C#N)cc4)nn(C)c3C2=O)CC1. The lowest BCUT2D eigenvalue weighted by atomic mass is 10.0. The minimum Gasteiger partial charge on any atom is -0.353 e. The number of fused-ring (bicyclic) bond motifs is 1. The van der Waals surface area contributed by atoms with E-state index >= 15 is 0 Å². The van der Waals surface area contributed by atoms with Crippen LogP contribution < -0.4 is 16.4 Å². The zero-order chi connectivity index (χ0) is 29.5. The number of nitriles is 1. The Morgan fingerprint density at radius 2 is 1.88 bits per heavy atom. The van der Waals surface area contributed by atoms with Crippen molar-refractivity contribution in [2.45, 2.75) is 62.1 Å². The molecule has 214 valence electrons. The van der Waals surface area contributed by atoms with E-state index in [4.69, 9.17) is 11.0 Å². The van der Waals surface area contributed by atoms with E-state index in [1.165, 1.54) is 16.5 Å². The Hall–Kier alpha value is -3.76. The smallest absolute Gasteiger partial charge is 0.272 e. The molecule has 1 aliphatic carbocycles. The highest BCUT2D eigenvalue weighted by molar-refractivity contribution is 7.94. The first-order valence-electron chi connectivity index (χ1n) is 13.1. The minimum absolute atomic E-state index is 0.0314. The molecular weight excluding hydrogens is 534 g/mol. The Morgan fingerprint density at radius 3 is 2.45 bits per heavy atom. The van der Waals surface area contributed by atoms with Gasteiger partial charge in [0.05, 0.1) is 27.2 Å². The van der Waals surface area contributed by atoms with Crippen LogP contribution in [0.3, 0.4) is 0 Å². The molecule has 1 unspecified atom stereocenters. The van der Waals surface area contributed by atoms with Crippen LogP contribution in [0.2, 0.25) is 0 Å². The highest BCUT2D eigenvalue weighted by Gasteiger charge is 2.61. The quantitative estimate of drug-likeness (QED) is 0.368. The van der Waals surface area contributed by atoms with Gasteiger partial charge in [0.1, 0.15) is 5.69 Å². The van der Waals surface area contributed by atoms with E-state index in [9.17, 15) is 22.8 Å². The largest absolute Gasteiger partial charge is 0.353 e. The molecule has 1 atom stereocenters. The van der Waals surface area contributed by atoms with E-state index in [0.717, 1.165) is 5.56 Å². The second kappa shape index (κ2) is 10.7. The van der Waals surface area contributed by atoms with Gasteiger partial charge in [0.15, 0.2) is 15.5 Å². The number of carbonyl (C=O) groups is 3. The second-order valence-corrected chi connectivity index (χ2v) is 14.2. The average Bonchev–Trinajstić information content (AvgIpc) is 3.63. The van der Waals surface area contributed by atoms with Gasteiger partial charge in [0, 0.05) is 38.8 Å². The van der Waals surface area contributed by atoms with Gasteiger partial charge < -0.3 is 21.3 Å². The average molecular weight is 570 g/mol. The zero-order valence-corrected chi connectivity index (χ0v) is 24.0. The molecule has 4 rings (SSSR count). The number of sulfone groups is 1. The lowest BCUT2D eigenvalue weighted by molar-refractivity contribution is -0.122. The van der Waals surface area contributed by atoms with Crippen LogP contribution in [0.15, 0.2) is 24.3 Å². The first kappa shape index (κ1) is 29.2. The Morgan fingerprint density at radius 1 is 1.23 bits per heavy atom. The summed E-state index contributed by atoms with van der Waals surface area (Å²) in [4.78, 5) is 40.0. The number of carbonyl (C=O) groups excluding carboxylic acids is 3. The molecule has 1 aromatic heterocycles. The van der Waals surface area contributed by atoms with E-state index in [0.29, 0.717) is 30.4 Å². The molecule has 3 amide bonds. The lowest BCUT2D eigenvalue weighted by Gasteiger charge is -2.35. The zero-order valence-electron chi connectivity index (χ0n) is 23.2. The third kappa shape index (κ3) is 5.33. The number of rotatable bonds is 10. The fourth-order valence-electron chi connectivity index (χ4n) is 5.01. The van der Waals surface area contributed by atoms with Crippen molar-refractivity contribution >= 4 is 27.6 Å². The van der Waals surface area contributed by atoms with Crippen LogP contribution in [0.4, 0.5) is 0 Å². The van der Waals surface area contributed by atoms with Gasteiger partial charge in [-0.05, 0) is 57.7 Å². The van der Waals surface area contributed by atoms with Crippen LogP contribution in [0.5, 0.6) is 0 Å². The van der Waals surface area contributed by atoms with Crippen molar-refractivity contribution in [2.75, 3.05) is 19.6 Å². The third-order valence-corrected chi connectivity index (χ3v) is 11.0. The predicted molar refractivity (Wildman–Crippen MR) is 147 cm³/mol. The van der Waals surface area contributed by atoms with E-state index in [1.54, 1.807) is 45.2 Å². The maximum atomic E-state index is 13.7. The molecule has 0 bridgehead atoms. The fourth-order valence-corrected chi connectivity index (χ4v) is 7.41. The molecule has 1 saturated carbocycles. The van der Waals surface area contributed by atoms with Crippen molar-refractivity contribution in [3.63, 3.8) is 0 Å². The maximum Gasteiger partial charge on any atom is 0.272 e. The summed E-state index contributed by atoms with van der Waals surface area (Å²) in [6, 6.07) is 8.14. The molecule has 1 aromatic carbocycles. The number of nitrogens with two attached hydrogens (primary N) is 1. The Labute approximate surface area is 233 Å². The van der Waals surface area contributed by atoms with Crippen LogP contribution in [-0.4, -0.2) is 76.0 Å². The fraction of sp³-hybridized carbons (Fsp3) is 0.519. The molecule has 2 aliphatic rings. The highest BCUT2D eigenvalue weighted by Crippen LogP contribution is 2.49. The van der Waals surface area contributed by atoms with Crippen molar-refractivity contribution in [1.29, 1.82) is 5.26 Å². The van der Waals surface area contributed by atoms with E-state index in [-0.39, 0.29) is 43.5 Å². The molecule has 0 saturated heterocycles. The second-order valence-electron chi connectivity index (χ2n) is 11.2. The normalized spacial score (nSPS) is 17.0. The molecule has 0 spiro atoms. The summed E-state index contributed by atoms with van der Waals surface area (Å²) in [6.45, 7) is 5.11. The molecule has 13 heteroatoms. The number of amides is 3. The van der Waals surface area contributed by atoms with Crippen molar-refractivity contribution in [3.8, 4) is 6.07 Å².